The van der Waals surface area contributed by atoms with Gasteiger partial charge in [-0.15, -0.1) is 0 Å². The number of nitrogens with zero attached hydrogens (tertiary/aromatic N) is 3. The SMILES string of the molecule is O=C(c1ccc(-n2cccc2)cc1)N1CCN(S(=O)(=O)c2ccc3c(c2)OCCO3)CC1. The van der Waals surface area contributed by atoms with Crippen molar-refractivity contribution in [3.63, 3.8) is 0 Å². The summed E-state index contributed by atoms with van der Waals surface area (Å²) in [7, 11) is -3.68. The number of aromatic nitrogens is 1. The van der Waals surface area contributed by atoms with E-state index in [4.69, 9.17) is 9.47 Å². The van der Waals surface area contributed by atoms with Gasteiger partial charge in [0.15, 0.2) is 11.5 Å². The Morgan fingerprint density at radius 1 is 0.812 bits per heavy atom. The van der Waals surface area contributed by atoms with Gasteiger partial charge < -0.3 is 18.9 Å². The number of hydrogen-bond acceptors (Lipinski definition) is 5. The summed E-state index contributed by atoms with van der Waals surface area (Å²) in [6.07, 6.45) is 3.89. The van der Waals surface area contributed by atoms with Gasteiger partial charge in [-0.3, -0.25) is 4.79 Å². The molecule has 1 aromatic heterocycles. The van der Waals surface area contributed by atoms with Crippen LogP contribution in [0.2, 0.25) is 0 Å². The van der Waals surface area contributed by atoms with Gasteiger partial charge in [-0.25, -0.2) is 8.42 Å². The Morgan fingerprint density at radius 3 is 2.16 bits per heavy atom. The molecule has 1 fully saturated rings. The van der Waals surface area contributed by atoms with Gasteiger partial charge >= 0.3 is 0 Å². The Hall–Kier alpha value is -3.30. The first-order valence-corrected chi connectivity index (χ1v) is 11.9. The number of amides is 1. The number of carbonyl (C=O) groups is 1. The van der Waals surface area contributed by atoms with Gasteiger partial charge in [-0.1, -0.05) is 0 Å². The van der Waals surface area contributed by atoms with E-state index in [2.05, 4.69) is 0 Å². The predicted molar refractivity (Wildman–Crippen MR) is 118 cm³/mol. The third-order valence-corrected chi connectivity index (χ3v) is 7.59. The molecule has 1 amide bonds. The lowest BCUT2D eigenvalue weighted by molar-refractivity contribution is 0.0698. The third-order valence-electron chi connectivity index (χ3n) is 5.69. The van der Waals surface area contributed by atoms with E-state index in [0.717, 1.165) is 5.69 Å². The summed E-state index contributed by atoms with van der Waals surface area (Å²) in [5, 5.41) is 0. The zero-order valence-corrected chi connectivity index (χ0v) is 18.2. The van der Waals surface area contributed by atoms with Gasteiger partial charge in [0.1, 0.15) is 13.2 Å². The van der Waals surface area contributed by atoms with Crippen LogP contribution in [0.15, 0.2) is 71.9 Å². The molecule has 9 heteroatoms. The van der Waals surface area contributed by atoms with Crippen LogP contribution in [0.5, 0.6) is 11.5 Å². The zero-order chi connectivity index (χ0) is 22.1. The summed E-state index contributed by atoms with van der Waals surface area (Å²) < 4.78 is 40.6. The lowest BCUT2D eigenvalue weighted by atomic mass is 10.1. The quantitative estimate of drug-likeness (QED) is 0.606. The molecule has 0 saturated carbocycles. The van der Waals surface area contributed by atoms with Crippen molar-refractivity contribution >= 4 is 15.9 Å². The molecule has 166 valence electrons. The number of ether oxygens (including phenoxy) is 2. The van der Waals surface area contributed by atoms with Crippen molar-refractivity contribution in [1.29, 1.82) is 0 Å². The van der Waals surface area contributed by atoms with Crippen LogP contribution in [0.4, 0.5) is 0 Å². The minimum absolute atomic E-state index is 0.0968. The van der Waals surface area contributed by atoms with Gasteiger partial charge in [-0.2, -0.15) is 4.31 Å². The first kappa shape index (κ1) is 20.6. The van der Waals surface area contributed by atoms with E-state index in [9.17, 15) is 13.2 Å². The molecular formula is C23H23N3O5S. The maximum absolute atomic E-state index is 13.1. The Balaban J connectivity index is 1.25. The van der Waals surface area contributed by atoms with Crippen LogP contribution < -0.4 is 9.47 Å². The highest BCUT2D eigenvalue weighted by Gasteiger charge is 2.31. The van der Waals surface area contributed by atoms with E-state index < -0.39 is 10.0 Å². The fourth-order valence-electron chi connectivity index (χ4n) is 3.93. The number of sulfonamides is 1. The van der Waals surface area contributed by atoms with Crippen molar-refractivity contribution in [3.8, 4) is 17.2 Å². The Labute approximate surface area is 186 Å². The molecule has 0 N–H and O–H groups in total. The van der Waals surface area contributed by atoms with Gasteiger partial charge in [0, 0.05) is 55.9 Å². The number of fused-ring (bicyclic) bond motifs is 1. The average Bonchev–Trinajstić information content (AvgIpc) is 3.38. The van der Waals surface area contributed by atoms with Gasteiger partial charge in [0.2, 0.25) is 10.0 Å². The Morgan fingerprint density at radius 2 is 1.47 bits per heavy atom. The summed E-state index contributed by atoms with van der Waals surface area (Å²) in [4.78, 5) is 14.8. The number of hydrogen-bond donors (Lipinski definition) is 0. The monoisotopic (exact) mass is 453 g/mol. The second-order valence-electron chi connectivity index (χ2n) is 7.64. The standard InChI is InChI=1S/C23H23N3O5S/c27-23(18-3-5-19(6-4-18)24-9-1-2-10-24)25-11-13-26(14-12-25)32(28,29)20-7-8-21-22(17-20)31-16-15-30-21/h1-10,17H,11-16H2. The van der Waals surface area contributed by atoms with Crippen molar-refractivity contribution in [1.82, 2.24) is 13.8 Å². The summed E-state index contributed by atoms with van der Waals surface area (Å²) in [5.74, 6) is 0.892. The molecule has 3 heterocycles. The normalized spacial score (nSPS) is 16.7. The van der Waals surface area contributed by atoms with Gasteiger partial charge in [0.05, 0.1) is 4.90 Å². The molecule has 0 radical (unpaired) electrons. The lowest BCUT2D eigenvalue weighted by Gasteiger charge is -2.34. The molecule has 0 aliphatic carbocycles. The molecule has 2 aliphatic rings. The van der Waals surface area contributed by atoms with Crippen LogP contribution >= 0.6 is 0 Å². The topological polar surface area (TPSA) is 81.1 Å². The maximum Gasteiger partial charge on any atom is 0.253 e. The van der Waals surface area contributed by atoms with Crippen LogP contribution in [0, 0.1) is 0 Å². The number of rotatable bonds is 4. The van der Waals surface area contributed by atoms with Crippen molar-refractivity contribution in [3.05, 3.63) is 72.6 Å². The van der Waals surface area contributed by atoms with Crippen LogP contribution in [-0.2, 0) is 10.0 Å². The van der Waals surface area contributed by atoms with Gasteiger partial charge in [0.25, 0.3) is 5.91 Å². The molecule has 32 heavy (non-hydrogen) atoms. The zero-order valence-electron chi connectivity index (χ0n) is 17.4. The van der Waals surface area contributed by atoms with E-state index in [1.54, 1.807) is 23.1 Å². The Bertz CT molecular complexity index is 1220. The van der Waals surface area contributed by atoms with Crippen LogP contribution in [-0.4, -0.2) is 67.5 Å². The van der Waals surface area contributed by atoms with E-state index in [0.29, 0.717) is 43.4 Å². The molecule has 1 saturated heterocycles. The third kappa shape index (κ3) is 3.85. The highest BCUT2D eigenvalue weighted by atomic mass is 32.2. The molecule has 2 aromatic carbocycles. The van der Waals surface area contributed by atoms with E-state index in [1.165, 1.54) is 16.4 Å². The molecular weight excluding hydrogens is 430 g/mol. The Kier molecular flexibility index (Phi) is 5.36. The molecule has 8 nitrogen and oxygen atoms in total. The fourth-order valence-corrected chi connectivity index (χ4v) is 5.37. The largest absolute Gasteiger partial charge is 0.486 e. The lowest BCUT2D eigenvalue weighted by Crippen LogP contribution is -2.50. The minimum Gasteiger partial charge on any atom is -0.486 e. The maximum atomic E-state index is 13.1. The summed E-state index contributed by atoms with van der Waals surface area (Å²) in [5.41, 5.74) is 1.56. The van der Waals surface area contributed by atoms with Crippen molar-refractivity contribution in [2.24, 2.45) is 0 Å². The smallest absolute Gasteiger partial charge is 0.253 e. The van der Waals surface area contributed by atoms with Gasteiger partial charge in [-0.05, 0) is 48.5 Å². The van der Waals surface area contributed by atoms with E-state index in [1.807, 2.05) is 41.2 Å². The second-order valence-corrected chi connectivity index (χ2v) is 9.58. The summed E-state index contributed by atoms with van der Waals surface area (Å²) in [6.45, 7) is 1.99. The summed E-state index contributed by atoms with van der Waals surface area (Å²) in [6, 6.07) is 15.9. The highest BCUT2D eigenvalue weighted by molar-refractivity contribution is 7.89. The predicted octanol–water partition coefficient (Wildman–Crippen LogP) is 2.40. The molecule has 3 aromatic rings. The molecule has 5 rings (SSSR count). The average molecular weight is 454 g/mol. The number of benzene rings is 2. The second kappa shape index (κ2) is 8.33. The molecule has 0 bridgehead atoms. The fraction of sp³-hybridized carbons (Fsp3) is 0.261. The van der Waals surface area contributed by atoms with Crippen molar-refractivity contribution < 1.29 is 22.7 Å². The first-order chi connectivity index (χ1) is 15.5. The number of carbonyl (C=O) groups excluding carboxylic acids is 1. The first-order valence-electron chi connectivity index (χ1n) is 10.4. The molecule has 0 spiro atoms. The summed E-state index contributed by atoms with van der Waals surface area (Å²) >= 11 is 0. The van der Waals surface area contributed by atoms with E-state index >= 15 is 0 Å². The molecule has 2 aliphatic heterocycles. The van der Waals surface area contributed by atoms with Crippen LogP contribution in [0.25, 0.3) is 5.69 Å². The van der Waals surface area contributed by atoms with E-state index in [-0.39, 0.29) is 23.9 Å². The van der Waals surface area contributed by atoms with Crippen molar-refractivity contribution in [2.75, 3.05) is 39.4 Å². The minimum atomic E-state index is -3.68. The number of piperazine rings is 1. The van der Waals surface area contributed by atoms with Crippen LogP contribution in [0.3, 0.4) is 0 Å². The van der Waals surface area contributed by atoms with Crippen LogP contribution in [0.1, 0.15) is 10.4 Å². The van der Waals surface area contributed by atoms with Crippen molar-refractivity contribution in [2.45, 2.75) is 4.90 Å². The molecule has 0 atom stereocenters. The highest BCUT2D eigenvalue weighted by Crippen LogP contribution is 2.33. The molecule has 0 unspecified atom stereocenters.